The summed E-state index contributed by atoms with van der Waals surface area (Å²) in [5.74, 6) is -0.00675. The molecule has 0 radical (unpaired) electrons. The fourth-order valence-corrected chi connectivity index (χ4v) is 4.54. The molecule has 1 aromatic heterocycles. The molecule has 0 fully saturated rings. The van der Waals surface area contributed by atoms with Crippen LogP contribution in [0.3, 0.4) is 0 Å². The monoisotopic (exact) mass is 406 g/mol. The van der Waals surface area contributed by atoms with Crippen LogP contribution in [0.15, 0.2) is 18.2 Å². The number of amides is 2. The number of anilines is 1. The minimum atomic E-state index is -0.0987. The Bertz CT molecular complexity index is 1030. The number of hydrogen-bond donors (Lipinski definition) is 2. The molecule has 1 aromatic carbocycles. The average Bonchev–Trinajstić information content (AvgIpc) is 3.22. The molecule has 2 amide bonds. The van der Waals surface area contributed by atoms with Crippen LogP contribution in [0.5, 0.6) is 0 Å². The Labute approximate surface area is 177 Å². The molecule has 0 unspecified atom stereocenters. The number of aryl methyl sites for hydroxylation is 1. The van der Waals surface area contributed by atoms with Crippen molar-refractivity contribution in [2.45, 2.75) is 34.1 Å². The number of H-pyrrole nitrogens is 1. The quantitative estimate of drug-likeness (QED) is 0.722. The lowest BCUT2D eigenvalue weighted by Crippen LogP contribution is -2.42. The number of likely N-dealkylation sites (N-methyl/N-ethyl adjacent to an activating group) is 1. The summed E-state index contributed by atoms with van der Waals surface area (Å²) in [5, 5.41) is 2.94. The van der Waals surface area contributed by atoms with Crippen LogP contribution in [0.25, 0.3) is 11.6 Å². The van der Waals surface area contributed by atoms with Gasteiger partial charge in [-0.2, -0.15) is 0 Å². The van der Waals surface area contributed by atoms with Gasteiger partial charge in [0.25, 0.3) is 11.8 Å². The first-order valence-electron chi connectivity index (χ1n) is 10.8. The maximum atomic E-state index is 13.2. The number of aromatic amines is 1. The summed E-state index contributed by atoms with van der Waals surface area (Å²) in [6.07, 6.45) is 2.71. The first kappa shape index (κ1) is 20.4. The van der Waals surface area contributed by atoms with Crippen LogP contribution >= 0.6 is 0 Å². The van der Waals surface area contributed by atoms with Crippen LogP contribution in [0.1, 0.15) is 52.3 Å². The van der Waals surface area contributed by atoms with E-state index >= 15 is 0 Å². The molecule has 158 valence electrons. The number of hydrogen-bond acceptors (Lipinski definition) is 3. The van der Waals surface area contributed by atoms with Crippen LogP contribution in [-0.4, -0.2) is 59.3 Å². The number of rotatable bonds is 6. The Morgan fingerprint density at radius 1 is 1.13 bits per heavy atom. The summed E-state index contributed by atoms with van der Waals surface area (Å²) in [7, 11) is 0. The molecule has 3 heterocycles. The van der Waals surface area contributed by atoms with Gasteiger partial charge in [-0.3, -0.25) is 9.59 Å². The summed E-state index contributed by atoms with van der Waals surface area (Å²) < 4.78 is 0. The maximum Gasteiger partial charge on any atom is 0.256 e. The Morgan fingerprint density at radius 3 is 2.63 bits per heavy atom. The fourth-order valence-electron chi connectivity index (χ4n) is 4.54. The minimum absolute atomic E-state index is 0.0919. The molecule has 4 rings (SSSR count). The maximum absolute atomic E-state index is 13.2. The summed E-state index contributed by atoms with van der Waals surface area (Å²) in [4.78, 5) is 33.5. The fraction of sp³-hybridized carbons (Fsp3) is 0.417. The van der Waals surface area contributed by atoms with E-state index < -0.39 is 0 Å². The molecule has 2 aliphatic rings. The topological polar surface area (TPSA) is 68.4 Å². The van der Waals surface area contributed by atoms with Gasteiger partial charge >= 0.3 is 0 Å². The first-order chi connectivity index (χ1) is 14.4. The van der Waals surface area contributed by atoms with E-state index in [9.17, 15) is 9.59 Å². The molecule has 2 N–H and O–H groups in total. The minimum Gasteiger partial charge on any atom is -0.358 e. The van der Waals surface area contributed by atoms with E-state index in [1.807, 2.05) is 43.0 Å². The van der Waals surface area contributed by atoms with Crippen LogP contribution < -0.4 is 5.32 Å². The molecule has 0 saturated heterocycles. The zero-order valence-electron chi connectivity index (χ0n) is 18.3. The molecule has 2 aromatic rings. The summed E-state index contributed by atoms with van der Waals surface area (Å²) >= 11 is 0. The number of aromatic nitrogens is 1. The number of benzene rings is 1. The van der Waals surface area contributed by atoms with Crippen molar-refractivity contribution in [1.29, 1.82) is 0 Å². The van der Waals surface area contributed by atoms with Crippen LogP contribution in [0.2, 0.25) is 0 Å². The van der Waals surface area contributed by atoms with Gasteiger partial charge in [-0.05, 0) is 50.2 Å². The van der Waals surface area contributed by atoms with Crippen molar-refractivity contribution in [3.63, 3.8) is 0 Å². The number of nitrogens with one attached hydrogen (secondary N) is 2. The highest BCUT2D eigenvalue weighted by Gasteiger charge is 2.30. The van der Waals surface area contributed by atoms with Crippen LogP contribution in [0.4, 0.5) is 5.69 Å². The third-order valence-electron chi connectivity index (χ3n) is 6.40. The van der Waals surface area contributed by atoms with Crippen molar-refractivity contribution < 1.29 is 9.59 Å². The van der Waals surface area contributed by atoms with Gasteiger partial charge in [0.05, 0.1) is 11.1 Å². The molecule has 0 atom stereocenters. The predicted octanol–water partition coefficient (Wildman–Crippen LogP) is 3.46. The van der Waals surface area contributed by atoms with Gasteiger partial charge in [0.1, 0.15) is 0 Å². The number of nitrogens with zero attached hydrogens (tertiary/aromatic N) is 2. The predicted molar refractivity (Wildman–Crippen MR) is 121 cm³/mol. The van der Waals surface area contributed by atoms with Gasteiger partial charge in [-0.25, -0.2) is 0 Å². The highest BCUT2D eigenvalue weighted by Crippen LogP contribution is 2.36. The molecule has 2 aliphatic heterocycles. The molecule has 0 aliphatic carbocycles. The van der Waals surface area contributed by atoms with E-state index in [1.54, 1.807) is 0 Å². The standard InChI is InChI=1S/C24H30N4O2/c1-5-27(6-2)12-13-28-11-10-19-22(24(28)30)16(4)20(25-19)14-17-21-15(3)8-7-9-18(21)26-23(17)29/h7-9,14,25H,5-6,10-13H2,1-4H3,(H,26,29)/b17-14-. The summed E-state index contributed by atoms with van der Waals surface area (Å²) in [6.45, 7) is 12.6. The molecular formula is C24H30N4O2. The first-order valence-corrected chi connectivity index (χ1v) is 10.8. The molecule has 6 nitrogen and oxygen atoms in total. The van der Waals surface area contributed by atoms with Crippen LogP contribution in [-0.2, 0) is 11.2 Å². The van der Waals surface area contributed by atoms with E-state index in [1.165, 1.54) is 0 Å². The normalized spacial score (nSPS) is 17.0. The lowest BCUT2D eigenvalue weighted by molar-refractivity contribution is -0.110. The van der Waals surface area contributed by atoms with E-state index in [4.69, 9.17) is 0 Å². The second kappa shape index (κ2) is 8.11. The lowest BCUT2D eigenvalue weighted by Gasteiger charge is -2.29. The van der Waals surface area contributed by atoms with E-state index in [0.717, 1.165) is 78.5 Å². The van der Waals surface area contributed by atoms with E-state index in [0.29, 0.717) is 5.57 Å². The molecule has 0 saturated carbocycles. The highest BCUT2D eigenvalue weighted by atomic mass is 16.2. The largest absolute Gasteiger partial charge is 0.358 e. The SMILES string of the molecule is CCN(CC)CCN1CCc2[nH]c(/C=C3\C(=O)Nc4cccc(C)c43)c(C)c2C1=O. The third kappa shape index (κ3) is 3.45. The Morgan fingerprint density at radius 2 is 1.90 bits per heavy atom. The van der Waals surface area contributed by atoms with Crippen molar-refractivity contribution in [3.05, 3.63) is 51.8 Å². The summed E-state index contributed by atoms with van der Waals surface area (Å²) in [6, 6.07) is 5.88. The van der Waals surface area contributed by atoms with Gasteiger partial charge < -0.3 is 20.1 Å². The zero-order valence-corrected chi connectivity index (χ0v) is 18.3. The third-order valence-corrected chi connectivity index (χ3v) is 6.40. The van der Waals surface area contributed by atoms with Gasteiger partial charge in [0.15, 0.2) is 0 Å². The van der Waals surface area contributed by atoms with Gasteiger partial charge in [-0.1, -0.05) is 26.0 Å². The van der Waals surface area contributed by atoms with Crippen molar-refractivity contribution in [2.24, 2.45) is 0 Å². The average molecular weight is 407 g/mol. The van der Waals surface area contributed by atoms with Crippen molar-refractivity contribution in [2.75, 3.05) is 38.0 Å². The van der Waals surface area contributed by atoms with Crippen molar-refractivity contribution in [3.8, 4) is 0 Å². The number of carbonyl (C=O) groups excluding carboxylic acids is 2. The van der Waals surface area contributed by atoms with Crippen LogP contribution in [0, 0.1) is 13.8 Å². The van der Waals surface area contributed by atoms with Gasteiger partial charge in [0, 0.05) is 48.7 Å². The molecule has 30 heavy (non-hydrogen) atoms. The van der Waals surface area contributed by atoms with Gasteiger partial charge in [-0.15, -0.1) is 0 Å². The molecule has 0 bridgehead atoms. The number of carbonyl (C=O) groups is 2. The van der Waals surface area contributed by atoms with Crippen molar-refractivity contribution >= 4 is 29.2 Å². The zero-order chi connectivity index (χ0) is 21.4. The number of fused-ring (bicyclic) bond motifs is 2. The second-order valence-corrected chi connectivity index (χ2v) is 8.10. The lowest BCUT2D eigenvalue weighted by atomic mass is 9.99. The van der Waals surface area contributed by atoms with Crippen molar-refractivity contribution in [1.82, 2.24) is 14.8 Å². The Balaban J connectivity index is 1.63. The second-order valence-electron chi connectivity index (χ2n) is 8.10. The molecule has 6 heteroatoms. The van der Waals surface area contributed by atoms with E-state index in [-0.39, 0.29) is 11.8 Å². The Hall–Kier alpha value is -2.86. The molecule has 0 spiro atoms. The van der Waals surface area contributed by atoms with Gasteiger partial charge in [0.2, 0.25) is 0 Å². The summed E-state index contributed by atoms with van der Waals surface area (Å²) in [5.41, 5.74) is 7.02. The highest BCUT2D eigenvalue weighted by molar-refractivity contribution is 6.35. The van der Waals surface area contributed by atoms with E-state index in [2.05, 4.69) is 29.0 Å². The molecular weight excluding hydrogens is 376 g/mol. The Kier molecular flexibility index (Phi) is 5.52. The smallest absolute Gasteiger partial charge is 0.256 e.